The molecule has 1 aliphatic rings. The Morgan fingerprint density at radius 1 is 1.30 bits per heavy atom. The van der Waals surface area contributed by atoms with Crippen LogP contribution < -0.4 is 10.2 Å². The number of carbonyl (C=O) groups excluding carboxylic acids is 2. The lowest BCUT2D eigenvalue weighted by Crippen LogP contribution is -2.24. The molecule has 0 atom stereocenters. The largest absolute Gasteiger partial charge is 0.311 e. The fourth-order valence-electron chi connectivity index (χ4n) is 2.56. The minimum Gasteiger partial charge on any atom is -0.311 e. The Morgan fingerprint density at radius 2 is 2.13 bits per heavy atom. The van der Waals surface area contributed by atoms with Gasteiger partial charge in [-0.05, 0) is 49.2 Å². The summed E-state index contributed by atoms with van der Waals surface area (Å²) in [5.41, 5.74) is 2.03. The number of carbonyl (C=O) groups is 2. The van der Waals surface area contributed by atoms with Crippen molar-refractivity contribution in [3.8, 4) is 0 Å². The standard InChI is InChI=1S/C17H16ClN3O2/c1-11-6-7-19-15(9-11)20-17(23)12-4-5-13(18)14(10-12)21-8-2-3-16(21)22/h4-7,9-10H,2-3,8H2,1H3,(H,19,20,23). The molecule has 0 spiro atoms. The first-order valence-electron chi connectivity index (χ1n) is 7.38. The van der Waals surface area contributed by atoms with Crippen LogP contribution in [0.25, 0.3) is 0 Å². The molecule has 1 N–H and O–H groups in total. The first kappa shape index (κ1) is 15.5. The van der Waals surface area contributed by atoms with Crippen molar-refractivity contribution in [3.63, 3.8) is 0 Å². The topological polar surface area (TPSA) is 62.3 Å². The maximum Gasteiger partial charge on any atom is 0.256 e. The third-order valence-corrected chi connectivity index (χ3v) is 4.05. The number of benzene rings is 1. The Hall–Kier alpha value is -2.40. The van der Waals surface area contributed by atoms with Gasteiger partial charge < -0.3 is 10.2 Å². The Labute approximate surface area is 139 Å². The van der Waals surface area contributed by atoms with Gasteiger partial charge in [-0.25, -0.2) is 4.98 Å². The molecule has 0 aliphatic carbocycles. The highest BCUT2D eigenvalue weighted by molar-refractivity contribution is 6.34. The molecule has 118 valence electrons. The average Bonchev–Trinajstić information content (AvgIpc) is 2.93. The van der Waals surface area contributed by atoms with Crippen molar-refractivity contribution in [2.24, 2.45) is 0 Å². The fourth-order valence-corrected chi connectivity index (χ4v) is 2.78. The Morgan fingerprint density at radius 3 is 2.83 bits per heavy atom. The number of pyridine rings is 1. The van der Waals surface area contributed by atoms with Crippen molar-refractivity contribution in [2.45, 2.75) is 19.8 Å². The molecule has 0 bridgehead atoms. The van der Waals surface area contributed by atoms with E-state index in [1.807, 2.05) is 13.0 Å². The van der Waals surface area contributed by atoms with Crippen molar-refractivity contribution in [2.75, 3.05) is 16.8 Å². The average molecular weight is 330 g/mol. The lowest BCUT2D eigenvalue weighted by molar-refractivity contribution is -0.117. The van der Waals surface area contributed by atoms with E-state index in [9.17, 15) is 9.59 Å². The summed E-state index contributed by atoms with van der Waals surface area (Å²) in [7, 11) is 0. The highest BCUT2D eigenvalue weighted by Crippen LogP contribution is 2.30. The van der Waals surface area contributed by atoms with Crippen LogP contribution in [0.5, 0.6) is 0 Å². The normalized spacial score (nSPS) is 14.2. The van der Waals surface area contributed by atoms with Crippen LogP contribution in [-0.4, -0.2) is 23.3 Å². The molecule has 6 heteroatoms. The molecule has 23 heavy (non-hydrogen) atoms. The number of halogens is 1. The van der Waals surface area contributed by atoms with Crippen LogP contribution in [0.2, 0.25) is 5.02 Å². The van der Waals surface area contributed by atoms with E-state index in [-0.39, 0.29) is 11.8 Å². The fraction of sp³-hybridized carbons (Fsp3) is 0.235. The van der Waals surface area contributed by atoms with E-state index in [2.05, 4.69) is 10.3 Å². The minimum absolute atomic E-state index is 0.0322. The smallest absolute Gasteiger partial charge is 0.256 e. The zero-order chi connectivity index (χ0) is 16.4. The SMILES string of the molecule is Cc1ccnc(NC(=O)c2ccc(Cl)c(N3CCCC3=O)c2)c1. The predicted molar refractivity (Wildman–Crippen MR) is 90.0 cm³/mol. The number of rotatable bonds is 3. The summed E-state index contributed by atoms with van der Waals surface area (Å²) in [4.78, 5) is 30.0. The molecule has 2 amide bonds. The molecule has 1 aromatic heterocycles. The minimum atomic E-state index is -0.285. The number of hydrogen-bond acceptors (Lipinski definition) is 3. The second kappa shape index (κ2) is 6.38. The molecular formula is C17H16ClN3O2. The van der Waals surface area contributed by atoms with E-state index in [4.69, 9.17) is 11.6 Å². The molecule has 1 fully saturated rings. The van der Waals surface area contributed by atoms with Gasteiger partial charge in [-0.15, -0.1) is 0 Å². The molecule has 2 heterocycles. The van der Waals surface area contributed by atoms with E-state index in [0.29, 0.717) is 35.1 Å². The Kier molecular flexibility index (Phi) is 4.30. The molecule has 0 unspecified atom stereocenters. The maximum atomic E-state index is 12.4. The molecule has 5 nitrogen and oxygen atoms in total. The van der Waals surface area contributed by atoms with E-state index < -0.39 is 0 Å². The van der Waals surface area contributed by atoms with Crippen molar-refractivity contribution in [1.29, 1.82) is 0 Å². The van der Waals surface area contributed by atoms with Crippen LogP contribution in [0, 0.1) is 6.92 Å². The van der Waals surface area contributed by atoms with Gasteiger partial charge in [-0.2, -0.15) is 0 Å². The molecule has 0 saturated carbocycles. The van der Waals surface area contributed by atoms with Gasteiger partial charge in [0.05, 0.1) is 10.7 Å². The van der Waals surface area contributed by atoms with Crippen molar-refractivity contribution in [3.05, 3.63) is 52.7 Å². The zero-order valence-electron chi connectivity index (χ0n) is 12.7. The summed E-state index contributed by atoms with van der Waals surface area (Å²) in [5.74, 6) is 0.237. The third kappa shape index (κ3) is 3.35. The molecular weight excluding hydrogens is 314 g/mol. The van der Waals surface area contributed by atoms with Crippen molar-refractivity contribution >= 4 is 34.9 Å². The van der Waals surface area contributed by atoms with Gasteiger partial charge in [0.25, 0.3) is 5.91 Å². The van der Waals surface area contributed by atoms with Crippen LogP contribution in [0.4, 0.5) is 11.5 Å². The van der Waals surface area contributed by atoms with Gasteiger partial charge in [-0.3, -0.25) is 9.59 Å². The highest BCUT2D eigenvalue weighted by atomic mass is 35.5. The molecule has 2 aromatic rings. The summed E-state index contributed by atoms with van der Waals surface area (Å²) < 4.78 is 0. The molecule has 1 aliphatic heterocycles. The van der Waals surface area contributed by atoms with E-state index in [0.717, 1.165) is 12.0 Å². The van der Waals surface area contributed by atoms with Crippen molar-refractivity contribution < 1.29 is 9.59 Å². The summed E-state index contributed by atoms with van der Waals surface area (Å²) in [6.45, 7) is 2.56. The predicted octanol–water partition coefficient (Wildman–Crippen LogP) is 3.42. The van der Waals surface area contributed by atoms with Gasteiger partial charge in [0, 0.05) is 24.7 Å². The molecule has 3 rings (SSSR count). The Balaban J connectivity index is 1.85. The van der Waals surface area contributed by atoms with E-state index in [1.165, 1.54) is 0 Å². The number of anilines is 2. The van der Waals surface area contributed by atoms with Crippen molar-refractivity contribution in [1.82, 2.24) is 4.98 Å². The first-order chi connectivity index (χ1) is 11.0. The summed E-state index contributed by atoms with van der Waals surface area (Å²) in [6, 6.07) is 8.57. The summed E-state index contributed by atoms with van der Waals surface area (Å²) in [6.07, 6.45) is 2.96. The first-order valence-corrected chi connectivity index (χ1v) is 7.76. The third-order valence-electron chi connectivity index (χ3n) is 3.73. The lowest BCUT2D eigenvalue weighted by atomic mass is 10.1. The zero-order valence-corrected chi connectivity index (χ0v) is 13.4. The van der Waals surface area contributed by atoms with Crippen LogP contribution in [0.15, 0.2) is 36.5 Å². The van der Waals surface area contributed by atoms with Gasteiger partial charge in [-0.1, -0.05) is 11.6 Å². The summed E-state index contributed by atoms with van der Waals surface area (Å²) >= 11 is 6.19. The second-order valence-corrected chi connectivity index (χ2v) is 5.89. The highest BCUT2D eigenvalue weighted by Gasteiger charge is 2.24. The number of aryl methyl sites for hydroxylation is 1. The van der Waals surface area contributed by atoms with E-state index >= 15 is 0 Å². The number of aromatic nitrogens is 1. The second-order valence-electron chi connectivity index (χ2n) is 5.49. The van der Waals surface area contributed by atoms with Crippen LogP contribution in [0.1, 0.15) is 28.8 Å². The molecule has 1 saturated heterocycles. The van der Waals surface area contributed by atoms with Gasteiger partial charge in [0.1, 0.15) is 5.82 Å². The number of nitrogens with zero attached hydrogens (tertiary/aromatic N) is 2. The van der Waals surface area contributed by atoms with Gasteiger partial charge in [0.15, 0.2) is 0 Å². The van der Waals surface area contributed by atoms with Crippen LogP contribution >= 0.6 is 11.6 Å². The van der Waals surface area contributed by atoms with Gasteiger partial charge in [0.2, 0.25) is 5.91 Å². The number of nitrogens with one attached hydrogen (secondary N) is 1. The lowest BCUT2D eigenvalue weighted by Gasteiger charge is -2.18. The molecule has 0 radical (unpaired) electrons. The van der Waals surface area contributed by atoms with Crippen LogP contribution in [0.3, 0.4) is 0 Å². The quantitative estimate of drug-likeness (QED) is 0.938. The molecule has 1 aromatic carbocycles. The summed E-state index contributed by atoms with van der Waals surface area (Å²) in [5, 5.41) is 3.21. The van der Waals surface area contributed by atoms with E-state index in [1.54, 1.807) is 35.4 Å². The maximum absolute atomic E-state index is 12.4. The number of hydrogen-bond donors (Lipinski definition) is 1. The van der Waals surface area contributed by atoms with Crippen LogP contribution in [-0.2, 0) is 4.79 Å². The Bertz CT molecular complexity index is 776. The van der Waals surface area contributed by atoms with Gasteiger partial charge >= 0.3 is 0 Å². The number of amides is 2. The monoisotopic (exact) mass is 329 g/mol.